The van der Waals surface area contributed by atoms with E-state index < -0.39 is 0 Å². The van der Waals surface area contributed by atoms with Gasteiger partial charge in [0.2, 0.25) is 5.89 Å². The zero-order valence-electron chi connectivity index (χ0n) is 19.8. The van der Waals surface area contributed by atoms with E-state index in [4.69, 9.17) is 14.1 Å². The number of hydrogen-bond donors (Lipinski definition) is 0. The minimum absolute atomic E-state index is 0.651. The van der Waals surface area contributed by atoms with Gasteiger partial charge in [0.05, 0.1) is 30.0 Å². The fourth-order valence-corrected chi connectivity index (χ4v) is 4.38. The second-order valence-corrected chi connectivity index (χ2v) is 9.18. The van der Waals surface area contributed by atoms with E-state index >= 15 is 0 Å². The van der Waals surface area contributed by atoms with Crippen LogP contribution in [0, 0.1) is 0 Å². The number of rotatable bonds is 10. The third-order valence-electron chi connectivity index (χ3n) is 5.51. The van der Waals surface area contributed by atoms with Gasteiger partial charge < -0.3 is 9.15 Å². The second-order valence-electron chi connectivity index (χ2n) is 8.07. The number of aromatic nitrogens is 1. The van der Waals surface area contributed by atoms with E-state index in [1.165, 1.54) is 0 Å². The summed E-state index contributed by atoms with van der Waals surface area (Å²) in [5.41, 5.74) is 4.97. The van der Waals surface area contributed by atoms with Gasteiger partial charge in [0.1, 0.15) is 5.75 Å². The fraction of sp³-hybridized carbons (Fsp3) is 0.0968. The molecule has 4 aromatic carbocycles. The quantitative estimate of drug-likeness (QED) is 0.148. The second kappa shape index (κ2) is 12.0. The molecule has 0 aliphatic carbocycles. The first-order valence-electron chi connectivity index (χ1n) is 11.9. The minimum Gasteiger partial charge on any atom is -0.493 e. The third kappa shape index (κ3) is 6.32. The Morgan fingerprint density at radius 1 is 0.750 bits per heavy atom. The van der Waals surface area contributed by atoms with E-state index in [-0.39, 0.29) is 0 Å². The molecule has 1 aromatic heterocycles. The smallest absolute Gasteiger partial charge is 0.204 e. The lowest BCUT2D eigenvalue weighted by Gasteiger charge is -2.08. The number of benzene rings is 4. The maximum absolute atomic E-state index is 5.99. The Morgan fingerprint density at radius 3 is 2.00 bits per heavy atom. The number of thioether (sulfide) groups is 1. The molecule has 0 bridgehead atoms. The van der Waals surface area contributed by atoms with Gasteiger partial charge in [-0.3, -0.25) is 0 Å². The summed E-state index contributed by atoms with van der Waals surface area (Å²) in [5, 5.41) is 0. The molecule has 36 heavy (non-hydrogen) atoms. The van der Waals surface area contributed by atoms with Crippen molar-refractivity contribution in [2.45, 2.75) is 5.75 Å². The Kier molecular flexibility index (Phi) is 7.91. The van der Waals surface area contributed by atoms with Crippen molar-refractivity contribution in [3.63, 3.8) is 0 Å². The lowest BCUT2D eigenvalue weighted by molar-refractivity contribution is 0.344. The number of aliphatic imine (C=N–C) groups is 1. The SMILES string of the molecule is c1ccc(OCCSCc2ncc(-c3ccc(N=C(c4ccccc4)c4ccccc4)cc3)o2)cc1. The third-order valence-corrected chi connectivity index (χ3v) is 6.41. The van der Waals surface area contributed by atoms with Crippen LogP contribution in [0.2, 0.25) is 0 Å². The topological polar surface area (TPSA) is 47.6 Å². The number of para-hydroxylation sites is 1. The molecule has 0 fully saturated rings. The number of oxazole rings is 1. The summed E-state index contributed by atoms with van der Waals surface area (Å²) in [6.07, 6.45) is 1.79. The largest absolute Gasteiger partial charge is 0.493 e. The van der Waals surface area contributed by atoms with Crippen LogP contribution < -0.4 is 4.74 Å². The molecule has 5 rings (SSSR count). The van der Waals surface area contributed by atoms with Crippen molar-refractivity contribution in [2.24, 2.45) is 4.99 Å². The first-order chi connectivity index (χ1) is 17.8. The molecule has 0 spiro atoms. The molecular weight excluding hydrogens is 464 g/mol. The first-order valence-corrected chi connectivity index (χ1v) is 13.0. The van der Waals surface area contributed by atoms with Crippen molar-refractivity contribution in [3.05, 3.63) is 138 Å². The Labute approximate surface area is 215 Å². The Balaban J connectivity index is 1.22. The fourth-order valence-electron chi connectivity index (χ4n) is 3.72. The Morgan fingerprint density at radius 2 is 1.36 bits per heavy atom. The summed E-state index contributed by atoms with van der Waals surface area (Å²) in [7, 11) is 0. The van der Waals surface area contributed by atoms with Gasteiger partial charge in [-0.05, 0) is 36.4 Å². The van der Waals surface area contributed by atoms with Gasteiger partial charge in [-0.2, -0.15) is 0 Å². The molecule has 0 aliphatic heterocycles. The van der Waals surface area contributed by atoms with Gasteiger partial charge in [-0.15, -0.1) is 11.8 Å². The number of hydrogen-bond acceptors (Lipinski definition) is 5. The molecule has 0 unspecified atom stereocenters. The molecule has 0 atom stereocenters. The van der Waals surface area contributed by atoms with E-state index in [1.807, 2.05) is 91.0 Å². The average Bonchev–Trinajstić information content (AvgIpc) is 3.42. The highest BCUT2D eigenvalue weighted by molar-refractivity contribution is 7.98. The zero-order valence-corrected chi connectivity index (χ0v) is 20.6. The zero-order chi connectivity index (χ0) is 24.4. The number of nitrogens with zero attached hydrogens (tertiary/aromatic N) is 2. The first kappa shape index (κ1) is 23.6. The molecule has 0 N–H and O–H groups in total. The van der Waals surface area contributed by atoms with Crippen LogP contribution in [-0.4, -0.2) is 23.1 Å². The summed E-state index contributed by atoms with van der Waals surface area (Å²) in [6.45, 7) is 0.651. The van der Waals surface area contributed by atoms with Gasteiger partial charge >= 0.3 is 0 Å². The predicted molar refractivity (Wildman–Crippen MR) is 148 cm³/mol. The van der Waals surface area contributed by atoms with Crippen molar-refractivity contribution in [2.75, 3.05) is 12.4 Å². The van der Waals surface area contributed by atoms with Crippen LogP contribution in [0.15, 0.2) is 131 Å². The molecule has 5 heteroatoms. The van der Waals surface area contributed by atoms with Gasteiger partial charge in [0, 0.05) is 22.4 Å². The van der Waals surface area contributed by atoms with Crippen molar-refractivity contribution in [3.8, 4) is 17.1 Å². The predicted octanol–water partition coefficient (Wildman–Crippen LogP) is 7.82. The highest BCUT2D eigenvalue weighted by atomic mass is 32.2. The van der Waals surface area contributed by atoms with Crippen LogP contribution in [-0.2, 0) is 5.75 Å². The highest BCUT2D eigenvalue weighted by Crippen LogP contribution is 2.26. The van der Waals surface area contributed by atoms with Crippen LogP contribution in [0.25, 0.3) is 11.3 Å². The molecule has 178 valence electrons. The molecule has 0 saturated carbocycles. The maximum atomic E-state index is 5.99. The molecular formula is C31H26N2O2S. The van der Waals surface area contributed by atoms with E-state index in [1.54, 1.807) is 18.0 Å². The summed E-state index contributed by atoms with van der Waals surface area (Å²) >= 11 is 1.74. The van der Waals surface area contributed by atoms with Crippen molar-refractivity contribution < 1.29 is 9.15 Å². The summed E-state index contributed by atoms with van der Waals surface area (Å²) in [4.78, 5) is 9.42. The summed E-state index contributed by atoms with van der Waals surface area (Å²) < 4.78 is 11.7. The van der Waals surface area contributed by atoms with Crippen molar-refractivity contribution in [1.82, 2.24) is 4.98 Å². The lowest BCUT2D eigenvalue weighted by atomic mass is 10.0. The molecule has 0 aliphatic rings. The highest BCUT2D eigenvalue weighted by Gasteiger charge is 2.09. The van der Waals surface area contributed by atoms with Gasteiger partial charge in [0.25, 0.3) is 0 Å². The van der Waals surface area contributed by atoms with Gasteiger partial charge in [-0.1, -0.05) is 78.9 Å². The molecule has 5 aromatic rings. The van der Waals surface area contributed by atoms with Crippen LogP contribution in [0.5, 0.6) is 5.75 Å². The maximum Gasteiger partial charge on any atom is 0.204 e. The van der Waals surface area contributed by atoms with Crippen molar-refractivity contribution in [1.29, 1.82) is 0 Å². The standard InChI is InChI=1S/C31H26N2O2S/c1-4-10-25(11-5-1)31(26-12-6-2-7-13-26)33-27-18-16-24(17-19-27)29-22-32-30(35-29)23-36-21-20-34-28-14-8-3-9-15-28/h1-19,22H,20-21,23H2. The van der Waals surface area contributed by atoms with E-state index in [9.17, 15) is 0 Å². The monoisotopic (exact) mass is 490 g/mol. The molecule has 1 heterocycles. The molecule has 4 nitrogen and oxygen atoms in total. The van der Waals surface area contributed by atoms with E-state index in [0.29, 0.717) is 18.3 Å². The van der Waals surface area contributed by atoms with E-state index in [2.05, 4.69) is 29.2 Å². The minimum atomic E-state index is 0.651. The summed E-state index contributed by atoms with van der Waals surface area (Å²) in [5.74, 6) is 3.94. The molecule has 0 saturated heterocycles. The normalized spacial score (nSPS) is 10.7. The van der Waals surface area contributed by atoms with Gasteiger partial charge in [0.15, 0.2) is 5.76 Å². The van der Waals surface area contributed by atoms with Crippen LogP contribution >= 0.6 is 11.8 Å². The lowest BCUT2D eigenvalue weighted by Crippen LogP contribution is -2.02. The average molecular weight is 491 g/mol. The Hall–Kier alpha value is -4.09. The van der Waals surface area contributed by atoms with Crippen LogP contribution in [0.3, 0.4) is 0 Å². The van der Waals surface area contributed by atoms with Crippen LogP contribution in [0.4, 0.5) is 5.69 Å². The summed E-state index contributed by atoms with van der Waals surface area (Å²) in [6, 6.07) is 38.4. The van der Waals surface area contributed by atoms with E-state index in [0.717, 1.165) is 45.4 Å². The molecule has 0 radical (unpaired) electrons. The molecule has 0 amide bonds. The van der Waals surface area contributed by atoms with Crippen molar-refractivity contribution >= 4 is 23.2 Å². The Bertz CT molecular complexity index is 1340. The number of ether oxygens (including phenoxy) is 1. The van der Waals surface area contributed by atoms with Crippen LogP contribution in [0.1, 0.15) is 17.0 Å². The van der Waals surface area contributed by atoms with Gasteiger partial charge in [-0.25, -0.2) is 9.98 Å².